The van der Waals surface area contributed by atoms with E-state index in [0.717, 1.165) is 0 Å². The summed E-state index contributed by atoms with van der Waals surface area (Å²) >= 11 is -1.84. The van der Waals surface area contributed by atoms with Crippen LogP contribution in [0.1, 0.15) is 0 Å². The van der Waals surface area contributed by atoms with Crippen molar-refractivity contribution in [1.82, 2.24) is 4.98 Å². The van der Waals surface area contributed by atoms with E-state index in [0.29, 0.717) is 0 Å². The predicted molar refractivity (Wildman–Crippen MR) is 65.3 cm³/mol. The van der Waals surface area contributed by atoms with Gasteiger partial charge in [0, 0.05) is 20.1 Å². The van der Waals surface area contributed by atoms with E-state index in [9.17, 15) is 0 Å². The third-order valence-corrected chi connectivity index (χ3v) is 9.66. The number of fused-ring (bicyclic) bond motifs is 3. The molecule has 2 heterocycles. The molecule has 16 heavy (non-hydrogen) atoms. The molecule has 0 fully saturated rings. The summed E-state index contributed by atoms with van der Waals surface area (Å²) in [6.07, 6.45) is 1.88. The maximum absolute atomic E-state index is 4.51. The summed E-state index contributed by atoms with van der Waals surface area (Å²) in [5.41, 5.74) is 7.24. The quantitative estimate of drug-likeness (QED) is 0.441. The van der Waals surface area contributed by atoms with Gasteiger partial charge in [-0.25, -0.2) is 0 Å². The van der Waals surface area contributed by atoms with Crippen molar-refractivity contribution in [3.05, 3.63) is 42.6 Å². The Kier molecular flexibility index (Phi) is 3.09. The van der Waals surface area contributed by atoms with E-state index in [-0.39, 0.29) is 20.1 Å². The molecule has 3 heteroatoms. The summed E-state index contributed by atoms with van der Waals surface area (Å²) in [5, 5.41) is 0. The maximum atomic E-state index is 4.51. The van der Waals surface area contributed by atoms with Crippen molar-refractivity contribution in [1.29, 1.82) is 0 Å². The average Bonchev–Trinajstić information content (AvgIpc) is 2.51. The molecule has 0 atom stereocenters. The van der Waals surface area contributed by atoms with Gasteiger partial charge in [-0.15, -0.1) is 0 Å². The van der Waals surface area contributed by atoms with Gasteiger partial charge in [-0.2, -0.15) is 0 Å². The zero-order valence-electron chi connectivity index (χ0n) is 9.19. The van der Waals surface area contributed by atoms with Crippen molar-refractivity contribution < 1.29 is 20.1 Å². The molecular weight excluding hydrogens is 437 g/mol. The molecule has 3 rings (SSSR count). The second-order valence-corrected chi connectivity index (χ2v) is 12.4. The first-order chi connectivity index (χ1) is 7.21. The fourth-order valence-electron chi connectivity index (χ4n) is 2.25. The standard InChI is InChI=1S/C13H12AsN.Ir/c1-14(2)11-7-4-3-6-10(11)13-12(14)8-5-9-15-13;/h3-5,7-9H,1-2H3;/q-1;. The Morgan fingerprint density at radius 3 is 2.69 bits per heavy atom. The molecule has 84 valence electrons. The van der Waals surface area contributed by atoms with Crippen molar-refractivity contribution in [2.75, 3.05) is 0 Å². The number of aromatic nitrogens is 1. The minimum atomic E-state index is -1.84. The molecule has 1 nitrogen and oxygen atoms in total. The molecule has 0 N–H and O–H groups in total. The molecule has 1 aromatic heterocycles. The van der Waals surface area contributed by atoms with Gasteiger partial charge in [0.1, 0.15) is 0 Å². The monoisotopic (exact) mass is 450 g/mol. The Labute approximate surface area is 112 Å². The first-order valence-corrected chi connectivity index (χ1v) is 10.7. The van der Waals surface area contributed by atoms with Crippen LogP contribution in [0.4, 0.5) is 0 Å². The van der Waals surface area contributed by atoms with Crippen LogP contribution in [0.5, 0.6) is 0 Å². The van der Waals surface area contributed by atoms with Crippen molar-refractivity contribution in [2.45, 2.75) is 11.4 Å². The average molecular weight is 449 g/mol. The first kappa shape index (κ1) is 12.0. The molecule has 0 saturated heterocycles. The molecule has 1 aliphatic heterocycles. The third kappa shape index (κ3) is 1.52. The molecule has 1 aromatic carbocycles. The van der Waals surface area contributed by atoms with Gasteiger partial charge in [0.15, 0.2) is 0 Å². The number of rotatable bonds is 0. The van der Waals surface area contributed by atoms with Crippen LogP contribution in [-0.2, 0) is 20.1 Å². The van der Waals surface area contributed by atoms with E-state index >= 15 is 0 Å². The summed E-state index contributed by atoms with van der Waals surface area (Å²) in [6.45, 7) is 0. The van der Waals surface area contributed by atoms with Crippen molar-refractivity contribution in [2.24, 2.45) is 0 Å². The second-order valence-electron chi connectivity index (χ2n) is 4.25. The summed E-state index contributed by atoms with van der Waals surface area (Å²) in [7, 11) is 0. The van der Waals surface area contributed by atoms with Crippen LogP contribution in [0, 0.1) is 6.07 Å². The van der Waals surface area contributed by atoms with E-state index in [2.05, 4.69) is 40.7 Å². The largest absolute Gasteiger partial charge is 0 e. The number of hydrogen-bond donors (Lipinski definition) is 0. The predicted octanol–water partition coefficient (Wildman–Crippen LogP) is 1.68. The van der Waals surface area contributed by atoms with Gasteiger partial charge < -0.3 is 0 Å². The van der Waals surface area contributed by atoms with Gasteiger partial charge in [0.05, 0.1) is 0 Å². The molecule has 0 bridgehead atoms. The molecule has 0 aliphatic carbocycles. The minimum Gasteiger partial charge on any atom is 0 e. The Morgan fingerprint density at radius 2 is 1.88 bits per heavy atom. The summed E-state index contributed by atoms with van der Waals surface area (Å²) < 4.78 is 2.98. The van der Waals surface area contributed by atoms with Gasteiger partial charge in [0.25, 0.3) is 0 Å². The molecular formula is C13H12AsIrN-. The van der Waals surface area contributed by atoms with Crippen LogP contribution in [0.15, 0.2) is 36.5 Å². The number of hydrogen-bond acceptors (Lipinski definition) is 1. The zero-order chi connectivity index (χ0) is 10.5. The molecule has 0 unspecified atom stereocenters. The molecule has 0 saturated carbocycles. The van der Waals surface area contributed by atoms with E-state index in [1.165, 1.54) is 20.0 Å². The third-order valence-electron chi connectivity index (χ3n) is 3.06. The Bertz CT molecular complexity index is 489. The maximum Gasteiger partial charge on any atom is 0 e. The van der Waals surface area contributed by atoms with Crippen molar-refractivity contribution >= 4 is 22.3 Å². The van der Waals surface area contributed by atoms with Gasteiger partial charge in [0.2, 0.25) is 0 Å². The van der Waals surface area contributed by atoms with E-state index in [1.807, 2.05) is 18.3 Å². The SMILES string of the molecule is C[As]1(C)c2ccc[c-]c2-c2ncccc21.[Ir]. The molecule has 0 amide bonds. The van der Waals surface area contributed by atoms with Crippen LogP contribution in [-0.4, -0.2) is 18.5 Å². The molecule has 0 spiro atoms. The summed E-state index contributed by atoms with van der Waals surface area (Å²) in [4.78, 5) is 4.51. The number of benzene rings is 1. The Balaban J connectivity index is 0.000000963. The summed E-state index contributed by atoms with van der Waals surface area (Å²) in [5.74, 6) is 0. The topological polar surface area (TPSA) is 12.9 Å². The van der Waals surface area contributed by atoms with Crippen molar-refractivity contribution in [3.8, 4) is 11.3 Å². The van der Waals surface area contributed by atoms with Crippen LogP contribution >= 0.6 is 0 Å². The van der Waals surface area contributed by atoms with E-state index in [4.69, 9.17) is 0 Å². The zero-order valence-corrected chi connectivity index (χ0v) is 13.5. The normalized spacial score (nSPS) is 14.9. The van der Waals surface area contributed by atoms with Crippen LogP contribution in [0.3, 0.4) is 0 Å². The van der Waals surface area contributed by atoms with Crippen molar-refractivity contribution in [3.63, 3.8) is 0 Å². The minimum absolute atomic E-state index is 0. The Morgan fingerprint density at radius 1 is 1.12 bits per heavy atom. The number of nitrogens with zero attached hydrogens (tertiary/aromatic N) is 1. The van der Waals surface area contributed by atoms with Gasteiger partial charge >= 0.3 is 92.5 Å². The smallest absolute Gasteiger partial charge is 0 e. The van der Waals surface area contributed by atoms with Crippen LogP contribution in [0.2, 0.25) is 11.4 Å². The van der Waals surface area contributed by atoms with Gasteiger partial charge in [-0.05, 0) is 0 Å². The second kappa shape index (κ2) is 4.11. The van der Waals surface area contributed by atoms with E-state index in [1.54, 1.807) is 0 Å². The van der Waals surface area contributed by atoms with Crippen LogP contribution in [0.25, 0.3) is 11.3 Å². The Hall–Kier alpha value is -0.422. The first-order valence-electron chi connectivity index (χ1n) is 5.02. The number of pyridine rings is 1. The van der Waals surface area contributed by atoms with Gasteiger partial charge in [-0.3, -0.25) is 0 Å². The molecule has 1 aliphatic rings. The van der Waals surface area contributed by atoms with E-state index < -0.39 is 13.6 Å². The van der Waals surface area contributed by atoms with Crippen LogP contribution < -0.4 is 8.70 Å². The fourth-order valence-corrected chi connectivity index (χ4v) is 7.72. The molecule has 2 radical (unpaired) electrons. The van der Waals surface area contributed by atoms with Gasteiger partial charge in [-0.1, -0.05) is 0 Å². The summed E-state index contributed by atoms with van der Waals surface area (Å²) in [6, 6.07) is 14.0. The molecule has 2 aromatic rings. The fraction of sp³-hybridized carbons (Fsp3) is 0.154.